The number of carbonyl (C=O) groups is 2. The van der Waals surface area contributed by atoms with E-state index in [1.54, 1.807) is 23.2 Å². The van der Waals surface area contributed by atoms with Gasteiger partial charge in [0.25, 0.3) is 0 Å². The molecule has 3 atom stereocenters. The van der Waals surface area contributed by atoms with Crippen LogP contribution in [0, 0.1) is 11.8 Å². The van der Waals surface area contributed by atoms with Crippen molar-refractivity contribution >= 4 is 11.9 Å². The van der Waals surface area contributed by atoms with E-state index in [2.05, 4.69) is 5.10 Å². The van der Waals surface area contributed by atoms with Crippen LogP contribution in [-0.4, -0.2) is 38.2 Å². The third-order valence-corrected chi connectivity index (χ3v) is 4.42. The number of carboxylic acid groups (broad SMARTS) is 1. The van der Waals surface area contributed by atoms with E-state index in [0.29, 0.717) is 25.3 Å². The number of rotatable bonds is 6. The minimum atomic E-state index is -0.895. The molecule has 1 aliphatic heterocycles. The van der Waals surface area contributed by atoms with Crippen LogP contribution in [0.5, 0.6) is 0 Å². The van der Waals surface area contributed by atoms with Crippen molar-refractivity contribution < 1.29 is 19.1 Å². The van der Waals surface area contributed by atoms with Crippen molar-refractivity contribution in [1.29, 1.82) is 0 Å². The molecule has 1 saturated heterocycles. The minimum absolute atomic E-state index is 0.0267. The highest BCUT2D eigenvalue weighted by molar-refractivity contribution is 5.81. The molecule has 0 aromatic carbocycles. The molecule has 0 saturated carbocycles. The van der Waals surface area contributed by atoms with Gasteiger partial charge in [0.15, 0.2) is 0 Å². The van der Waals surface area contributed by atoms with Gasteiger partial charge in [-0.2, -0.15) is 5.10 Å². The highest BCUT2D eigenvalue weighted by Gasteiger charge is 2.42. The zero-order chi connectivity index (χ0) is 17.1. The van der Waals surface area contributed by atoms with Gasteiger partial charge < -0.3 is 14.4 Å². The van der Waals surface area contributed by atoms with Gasteiger partial charge in [-0.25, -0.2) is 0 Å². The van der Waals surface area contributed by atoms with Gasteiger partial charge in [0.2, 0.25) is 5.91 Å². The van der Waals surface area contributed by atoms with Crippen molar-refractivity contribution in [3.8, 4) is 0 Å². The van der Waals surface area contributed by atoms with Crippen LogP contribution in [-0.2, 0) is 16.1 Å². The summed E-state index contributed by atoms with van der Waals surface area (Å²) in [7, 11) is 0. The van der Waals surface area contributed by atoms with Crippen LogP contribution in [0.4, 0.5) is 0 Å². The lowest BCUT2D eigenvalue weighted by atomic mass is 9.86. The number of furan rings is 1. The summed E-state index contributed by atoms with van der Waals surface area (Å²) in [4.78, 5) is 25.8. The van der Waals surface area contributed by atoms with Gasteiger partial charge in [0.05, 0.1) is 12.2 Å². The first kappa shape index (κ1) is 16.3. The van der Waals surface area contributed by atoms with Gasteiger partial charge in [-0.05, 0) is 30.5 Å². The van der Waals surface area contributed by atoms with Crippen LogP contribution in [0.2, 0.25) is 0 Å². The second kappa shape index (κ2) is 6.90. The van der Waals surface area contributed by atoms with E-state index in [-0.39, 0.29) is 18.2 Å². The number of carbonyl (C=O) groups excluding carboxylic acids is 1. The smallest absolute Gasteiger partial charge is 0.309 e. The summed E-state index contributed by atoms with van der Waals surface area (Å²) in [6.45, 7) is 3.16. The van der Waals surface area contributed by atoms with Crippen molar-refractivity contribution in [3.05, 3.63) is 42.6 Å². The average Bonchev–Trinajstić information content (AvgIpc) is 3.22. The Morgan fingerprint density at radius 2 is 2.29 bits per heavy atom. The average molecular weight is 331 g/mol. The van der Waals surface area contributed by atoms with Crippen LogP contribution < -0.4 is 0 Å². The van der Waals surface area contributed by atoms with Crippen molar-refractivity contribution in [3.63, 3.8) is 0 Å². The second-order valence-corrected chi connectivity index (χ2v) is 6.32. The Morgan fingerprint density at radius 3 is 2.92 bits per heavy atom. The van der Waals surface area contributed by atoms with E-state index in [0.717, 1.165) is 0 Å². The number of amides is 1. The Hall–Kier alpha value is -2.57. The molecule has 128 valence electrons. The number of hydrogen-bond acceptors (Lipinski definition) is 4. The quantitative estimate of drug-likeness (QED) is 0.876. The molecule has 24 heavy (non-hydrogen) atoms. The SMILES string of the molecule is CC(CN1C(=O)CCC(C(=O)O)C1c1ccco1)Cn1cccn1. The maximum absolute atomic E-state index is 12.5. The van der Waals surface area contributed by atoms with E-state index in [1.165, 1.54) is 6.26 Å². The maximum Gasteiger partial charge on any atom is 0.309 e. The molecule has 1 fully saturated rings. The van der Waals surface area contributed by atoms with Gasteiger partial charge >= 0.3 is 5.97 Å². The van der Waals surface area contributed by atoms with Crippen molar-refractivity contribution in [2.75, 3.05) is 6.54 Å². The molecule has 0 bridgehead atoms. The lowest BCUT2D eigenvalue weighted by molar-refractivity contribution is -0.153. The van der Waals surface area contributed by atoms with Gasteiger partial charge in [0, 0.05) is 31.9 Å². The Kier molecular flexibility index (Phi) is 4.69. The third-order valence-electron chi connectivity index (χ3n) is 4.42. The maximum atomic E-state index is 12.5. The summed E-state index contributed by atoms with van der Waals surface area (Å²) in [5, 5.41) is 13.7. The largest absolute Gasteiger partial charge is 0.481 e. The number of nitrogens with zero attached hydrogens (tertiary/aromatic N) is 3. The van der Waals surface area contributed by atoms with E-state index < -0.39 is 17.9 Å². The number of likely N-dealkylation sites (tertiary alicyclic amines) is 1. The fourth-order valence-corrected chi connectivity index (χ4v) is 3.36. The second-order valence-electron chi connectivity index (χ2n) is 6.32. The number of hydrogen-bond donors (Lipinski definition) is 1. The Bertz CT molecular complexity index is 681. The molecule has 2 aromatic heterocycles. The zero-order valence-corrected chi connectivity index (χ0v) is 13.5. The summed E-state index contributed by atoms with van der Waals surface area (Å²) in [5.74, 6) is -0.902. The Balaban J connectivity index is 1.81. The first-order valence-electron chi connectivity index (χ1n) is 8.09. The van der Waals surface area contributed by atoms with Gasteiger partial charge in [0.1, 0.15) is 11.8 Å². The molecule has 0 aliphatic carbocycles. The molecule has 0 spiro atoms. The van der Waals surface area contributed by atoms with Crippen molar-refractivity contribution in [2.45, 2.75) is 32.4 Å². The molecule has 2 aromatic rings. The Morgan fingerprint density at radius 1 is 1.46 bits per heavy atom. The summed E-state index contributed by atoms with van der Waals surface area (Å²) < 4.78 is 7.26. The van der Waals surface area contributed by atoms with Crippen LogP contribution in [0.15, 0.2) is 41.3 Å². The fraction of sp³-hybridized carbons (Fsp3) is 0.471. The van der Waals surface area contributed by atoms with E-state index in [1.807, 2.05) is 23.9 Å². The highest BCUT2D eigenvalue weighted by Crippen LogP contribution is 2.37. The van der Waals surface area contributed by atoms with E-state index in [9.17, 15) is 14.7 Å². The number of aromatic nitrogens is 2. The molecule has 7 heteroatoms. The van der Waals surface area contributed by atoms with Crippen molar-refractivity contribution in [1.82, 2.24) is 14.7 Å². The first-order chi connectivity index (χ1) is 11.6. The minimum Gasteiger partial charge on any atom is -0.481 e. The summed E-state index contributed by atoms with van der Waals surface area (Å²) in [6, 6.07) is 4.76. The van der Waals surface area contributed by atoms with Crippen LogP contribution >= 0.6 is 0 Å². The van der Waals surface area contributed by atoms with Gasteiger partial charge in [-0.1, -0.05) is 6.92 Å². The van der Waals surface area contributed by atoms with Crippen LogP contribution in [0.1, 0.15) is 31.6 Å². The highest BCUT2D eigenvalue weighted by atomic mass is 16.4. The van der Waals surface area contributed by atoms with E-state index in [4.69, 9.17) is 4.42 Å². The standard InChI is InChI=1S/C17H21N3O4/c1-12(10-19-8-3-7-18-19)11-20-15(21)6-5-13(17(22)23)16(20)14-4-2-9-24-14/h2-4,7-9,12-13,16H,5-6,10-11H2,1H3,(H,22,23). The summed E-state index contributed by atoms with van der Waals surface area (Å²) in [6.07, 6.45) is 5.69. The van der Waals surface area contributed by atoms with Crippen molar-refractivity contribution in [2.24, 2.45) is 11.8 Å². The zero-order valence-electron chi connectivity index (χ0n) is 13.5. The molecule has 0 radical (unpaired) electrons. The normalized spacial score (nSPS) is 22.5. The lowest BCUT2D eigenvalue weighted by Crippen LogP contribution is -2.47. The number of piperidine rings is 1. The van der Waals surface area contributed by atoms with Crippen LogP contribution in [0.25, 0.3) is 0 Å². The summed E-state index contributed by atoms with van der Waals surface area (Å²) in [5.41, 5.74) is 0. The molecule has 3 unspecified atom stereocenters. The lowest BCUT2D eigenvalue weighted by Gasteiger charge is -2.39. The first-order valence-corrected chi connectivity index (χ1v) is 8.09. The topological polar surface area (TPSA) is 88.6 Å². The molecule has 1 N–H and O–H groups in total. The number of carboxylic acids is 1. The number of aliphatic carboxylic acids is 1. The molecular formula is C17H21N3O4. The molecule has 3 rings (SSSR count). The molecule has 3 heterocycles. The molecular weight excluding hydrogens is 310 g/mol. The predicted molar refractivity (Wildman–Crippen MR) is 84.9 cm³/mol. The molecule has 1 amide bonds. The molecule has 1 aliphatic rings. The van der Waals surface area contributed by atoms with E-state index >= 15 is 0 Å². The Labute approximate surface area is 139 Å². The molecule has 7 nitrogen and oxygen atoms in total. The monoisotopic (exact) mass is 331 g/mol. The summed E-state index contributed by atoms with van der Waals surface area (Å²) >= 11 is 0. The van der Waals surface area contributed by atoms with Crippen LogP contribution in [0.3, 0.4) is 0 Å². The van der Waals surface area contributed by atoms with Gasteiger partial charge in [-0.15, -0.1) is 0 Å². The van der Waals surface area contributed by atoms with Gasteiger partial charge in [-0.3, -0.25) is 14.3 Å². The fourth-order valence-electron chi connectivity index (χ4n) is 3.36. The predicted octanol–water partition coefficient (Wildman–Crippen LogP) is 2.18. The third kappa shape index (κ3) is 3.34.